The molecule has 2 aliphatic rings. The Morgan fingerprint density at radius 2 is 1.69 bits per heavy atom. The van der Waals surface area contributed by atoms with Crippen molar-refractivity contribution in [1.82, 2.24) is 20.9 Å². The van der Waals surface area contributed by atoms with Crippen molar-refractivity contribution in [1.29, 1.82) is 0 Å². The van der Waals surface area contributed by atoms with Crippen molar-refractivity contribution < 1.29 is 47.0 Å². The van der Waals surface area contributed by atoms with Gasteiger partial charge in [0.15, 0.2) is 0 Å². The molecule has 1 spiro atoms. The van der Waals surface area contributed by atoms with Crippen molar-refractivity contribution in [2.24, 2.45) is 5.41 Å². The van der Waals surface area contributed by atoms with Crippen LogP contribution in [0, 0.1) is 12.3 Å². The van der Waals surface area contributed by atoms with E-state index in [1.807, 2.05) is 37.3 Å². The third kappa shape index (κ3) is 6.32. The number of barbiturate groups is 1. The lowest BCUT2D eigenvalue weighted by Crippen LogP contribution is -2.67. The van der Waals surface area contributed by atoms with Crippen LogP contribution in [0.1, 0.15) is 40.9 Å². The number of carboxylic acids is 1. The Morgan fingerprint density at radius 3 is 2.31 bits per heavy atom. The van der Waals surface area contributed by atoms with Gasteiger partial charge in [0, 0.05) is 22.2 Å². The molecular weight excluding hydrogens is 561 g/mol. The van der Waals surface area contributed by atoms with Crippen LogP contribution < -0.4 is 20.7 Å². The van der Waals surface area contributed by atoms with Gasteiger partial charge in [-0.3, -0.25) is 30.0 Å². The van der Waals surface area contributed by atoms with Crippen LogP contribution in [0.2, 0.25) is 0 Å². The summed E-state index contributed by atoms with van der Waals surface area (Å²) in [4.78, 5) is 62.9. The fourth-order valence-corrected chi connectivity index (χ4v) is 4.93. The molecule has 1 saturated carbocycles. The summed E-state index contributed by atoms with van der Waals surface area (Å²) in [5.41, 5.74) is 1.73. The second-order valence-electron chi connectivity index (χ2n) is 9.68. The van der Waals surface area contributed by atoms with Crippen LogP contribution in [-0.4, -0.2) is 52.0 Å². The predicted octanol–water partition coefficient (Wildman–Crippen LogP) is 3.39. The van der Waals surface area contributed by atoms with Gasteiger partial charge in [-0.1, -0.05) is 18.2 Å². The van der Waals surface area contributed by atoms with Gasteiger partial charge in [0.1, 0.15) is 17.8 Å². The minimum absolute atomic E-state index is 0.263. The molecule has 2 heterocycles. The SMILES string of the molecule is Cc1cc(COc2ccc(C(=O)NC3CCCC34C(=O)NC(=O)NC4=O)cc2)c2ccccc2n1.O=C(O)C(F)(F)F. The zero-order chi connectivity index (χ0) is 30.7. The number of aromatic nitrogens is 1. The molecule has 1 atom stereocenters. The molecule has 0 radical (unpaired) electrons. The number of aryl methyl sites for hydroxylation is 1. The lowest BCUT2D eigenvalue weighted by molar-refractivity contribution is -0.192. The molecule has 2 fully saturated rings. The average Bonchev–Trinajstić information content (AvgIpc) is 3.35. The van der Waals surface area contributed by atoms with Crippen molar-refractivity contribution in [3.63, 3.8) is 0 Å². The molecule has 14 heteroatoms. The van der Waals surface area contributed by atoms with E-state index < -0.39 is 47.4 Å². The zero-order valence-corrected chi connectivity index (χ0v) is 22.1. The van der Waals surface area contributed by atoms with Crippen LogP contribution in [0.4, 0.5) is 18.0 Å². The number of para-hydroxylation sites is 1. The van der Waals surface area contributed by atoms with Gasteiger partial charge >= 0.3 is 18.2 Å². The highest BCUT2D eigenvalue weighted by Gasteiger charge is 2.58. The Bertz CT molecular complexity index is 1540. The molecule has 11 nitrogen and oxygen atoms in total. The van der Waals surface area contributed by atoms with Gasteiger partial charge in [-0.05, 0) is 62.6 Å². The van der Waals surface area contributed by atoms with E-state index in [1.165, 1.54) is 0 Å². The summed E-state index contributed by atoms with van der Waals surface area (Å²) in [6, 6.07) is 15.0. The Hall–Kier alpha value is -5.01. The fraction of sp³-hybridized carbons (Fsp3) is 0.286. The van der Waals surface area contributed by atoms with E-state index in [9.17, 15) is 32.3 Å². The zero-order valence-electron chi connectivity index (χ0n) is 22.1. The highest BCUT2D eigenvalue weighted by Crippen LogP contribution is 2.40. The third-order valence-corrected chi connectivity index (χ3v) is 6.91. The highest BCUT2D eigenvalue weighted by atomic mass is 19.4. The van der Waals surface area contributed by atoms with Gasteiger partial charge in [0.2, 0.25) is 11.8 Å². The summed E-state index contributed by atoms with van der Waals surface area (Å²) in [7, 11) is 0. The predicted molar refractivity (Wildman–Crippen MR) is 140 cm³/mol. The lowest BCUT2D eigenvalue weighted by atomic mass is 9.79. The summed E-state index contributed by atoms with van der Waals surface area (Å²) >= 11 is 0. The Labute approximate surface area is 236 Å². The van der Waals surface area contributed by atoms with Crippen LogP contribution in [0.25, 0.3) is 10.9 Å². The molecule has 4 N–H and O–H groups in total. The van der Waals surface area contributed by atoms with Gasteiger partial charge in [0.05, 0.1) is 11.6 Å². The summed E-state index contributed by atoms with van der Waals surface area (Å²) in [6.07, 6.45) is -3.78. The second-order valence-corrected chi connectivity index (χ2v) is 9.68. The molecular formula is C28H25F3N4O7. The van der Waals surface area contributed by atoms with Gasteiger partial charge in [0.25, 0.3) is 5.91 Å². The van der Waals surface area contributed by atoms with Gasteiger partial charge in [-0.2, -0.15) is 13.2 Å². The smallest absolute Gasteiger partial charge is 0.489 e. The van der Waals surface area contributed by atoms with E-state index in [0.29, 0.717) is 30.8 Å². The number of hydrogen-bond donors (Lipinski definition) is 4. The number of nitrogens with zero attached hydrogens (tertiary/aromatic N) is 1. The molecule has 1 saturated heterocycles. The average molecular weight is 587 g/mol. The standard InChI is InChI=1S/C26H24N4O5.C2HF3O2/c1-15-13-17(19-5-2-3-6-20(19)27-15)14-35-18-10-8-16(9-11-18)22(31)28-21-7-4-12-26(21)23(32)29-25(34)30-24(26)33;3-2(4,5)1(6)7/h2-3,5-6,8-11,13,21H,4,7,12,14H2,1H3,(H,28,31)(H2,29,30,32,33,34);(H,6,7). The number of ether oxygens (including phenoxy) is 1. The maximum Gasteiger partial charge on any atom is 0.490 e. The topological polar surface area (TPSA) is 164 Å². The molecule has 42 heavy (non-hydrogen) atoms. The van der Waals surface area contributed by atoms with Crippen LogP contribution >= 0.6 is 0 Å². The van der Waals surface area contributed by atoms with Gasteiger partial charge < -0.3 is 15.2 Å². The van der Waals surface area contributed by atoms with Gasteiger partial charge in [-0.15, -0.1) is 0 Å². The number of fused-ring (bicyclic) bond motifs is 1. The number of carboxylic acid groups (broad SMARTS) is 1. The molecule has 5 amide bonds. The first-order valence-corrected chi connectivity index (χ1v) is 12.7. The molecule has 1 aliphatic heterocycles. The molecule has 5 rings (SSSR count). The Balaban J connectivity index is 0.000000517. The Morgan fingerprint density at radius 1 is 1.07 bits per heavy atom. The van der Waals surface area contributed by atoms with E-state index >= 15 is 0 Å². The maximum atomic E-state index is 12.9. The number of pyridine rings is 1. The minimum atomic E-state index is -5.08. The van der Waals surface area contributed by atoms with E-state index in [4.69, 9.17) is 14.6 Å². The number of alkyl halides is 3. The van der Waals surface area contributed by atoms with Crippen LogP contribution in [0.3, 0.4) is 0 Å². The molecule has 2 aromatic carbocycles. The highest BCUT2D eigenvalue weighted by molar-refractivity contribution is 6.20. The first-order valence-electron chi connectivity index (χ1n) is 12.7. The lowest BCUT2D eigenvalue weighted by Gasteiger charge is -2.35. The van der Waals surface area contributed by atoms with Crippen molar-refractivity contribution in [2.45, 2.75) is 45.0 Å². The summed E-state index contributed by atoms with van der Waals surface area (Å²) in [6.45, 7) is 2.29. The van der Waals surface area contributed by atoms with E-state index in [-0.39, 0.29) is 6.42 Å². The first kappa shape index (κ1) is 30.0. The van der Waals surface area contributed by atoms with Crippen molar-refractivity contribution in [2.75, 3.05) is 0 Å². The molecule has 3 aromatic rings. The number of imide groups is 2. The number of aliphatic carboxylic acids is 1. The largest absolute Gasteiger partial charge is 0.490 e. The monoisotopic (exact) mass is 586 g/mol. The number of amides is 5. The number of urea groups is 1. The molecule has 220 valence electrons. The number of halogens is 3. The van der Waals surface area contributed by atoms with Crippen molar-refractivity contribution in [3.05, 3.63) is 71.4 Å². The number of hydrogen-bond acceptors (Lipinski definition) is 7. The summed E-state index contributed by atoms with van der Waals surface area (Å²) in [5.74, 6) is -3.90. The molecule has 1 aromatic heterocycles. The number of rotatable bonds is 5. The van der Waals surface area contributed by atoms with E-state index in [0.717, 1.165) is 22.2 Å². The third-order valence-electron chi connectivity index (χ3n) is 6.91. The summed E-state index contributed by atoms with van der Waals surface area (Å²) in [5, 5.41) is 15.3. The van der Waals surface area contributed by atoms with Crippen LogP contribution in [-0.2, 0) is 21.0 Å². The quantitative estimate of drug-likeness (QED) is 0.331. The number of carbonyl (C=O) groups is 5. The second kappa shape index (κ2) is 11.8. The minimum Gasteiger partial charge on any atom is -0.489 e. The summed E-state index contributed by atoms with van der Waals surface area (Å²) < 4.78 is 37.7. The maximum absolute atomic E-state index is 12.9. The van der Waals surface area contributed by atoms with E-state index in [1.54, 1.807) is 24.3 Å². The van der Waals surface area contributed by atoms with Crippen LogP contribution in [0.5, 0.6) is 5.75 Å². The molecule has 1 unspecified atom stereocenters. The van der Waals surface area contributed by atoms with Crippen molar-refractivity contribution in [3.8, 4) is 5.75 Å². The first-order chi connectivity index (χ1) is 19.8. The fourth-order valence-electron chi connectivity index (χ4n) is 4.93. The van der Waals surface area contributed by atoms with Gasteiger partial charge in [-0.25, -0.2) is 9.59 Å². The normalized spacial score (nSPS) is 17.6. The number of nitrogens with one attached hydrogen (secondary N) is 3. The van der Waals surface area contributed by atoms with E-state index in [2.05, 4.69) is 20.9 Å². The number of carbonyl (C=O) groups excluding carboxylic acids is 4. The molecule has 1 aliphatic carbocycles. The molecule has 0 bridgehead atoms. The number of benzene rings is 2. The Kier molecular flexibility index (Phi) is 8.45. The van der Waals surface area contributed by atoms with Crippen LogP contribution in [0.15, 0.2) is 54.6 Å². The van der Waals surface area contributed by atoms with Crippen molar-refractivity contribution >= 4 is 40.6 Å².